The summed E-state index contributed by atoms with van der Waals surface area (Å²) < 4.78 is 6.01. The number of urea groups is 1. The number of amides is 2. The molecule has 22 heavy (non-hydrogen) atoms. The molecule has 1 aliphatic heterocycles. The lowest BCUT2D eigenvalue weighted by Crippen LogP contribution is -2.34. The van der Waals surface area contributed by atoms with Crippen molar-refractivity contribution in [1.82, 2.24) is 14.9 Å². The highest BCUT2D eigenvalue weighted by Gasteiger charge is 2.31. The van der Waals surface area contributed by atoms with Gasteiger partial charge in [0.15, 0.2) is 10.2 Å². The summed E-state index contributed by atoms with van der Waals surface area (Å²) in [7, 11) is 1.58. The molecule has 1 saturated heterocycles. The molecule has 6 nitrogen and oxygen atoms in total. The van der Waals surface area contributed by atoms with Crippen molar-refractivity contribution >= 4 is 38.4 Å². The number of ether oxygens (including phenoxy) is 1. The number of aromatic nitrogens is 2. The number of carbonyl (C=O) groups excluding carboxylic acids is 1. The van der Waals surface area contributed by atoms with Crippen LogP contribution in [0.3, 0.4) is 0 Å². The van der Waals surface area contributed by atoms with Gasteiger partial charge in [0, 0.05) is 17.2 Å². The van der Waals surface area contributed by atoms with Crippen LogP contribution < -0.4 is 10.1 Å². The molecule has 1 N–H and O–H groups in total. The van der Waals surface area contributed by atoms with E-state index in [1.807, 2.05) is 17.0 Å². The molecule has 1 aliphatic rings. The Bertz CT molecular complexity index is 661. The third kappa shape index (κ3) is 3.22. The lowest BCUT2D eigenvalue weighted by molar-refractivity contribution is 0.206. The fourth-order valence-corrected chi connectivity index (χ4v) is 3.33. The predicted octanol–water partition coefficient (Wildman–Crippen LogP) is 3.68. The van der Waals surface area contributed by atoms with Crippen molar-refractivity contribution in [2.24, 2.45) is 0 Å². The summed E-state index contributed by atoms with van der Waals surface area (Å²) in [5.74, 6) is 0. The predicted molar refractivity (Wildman–Crippen MR) is 88.3 cm³/mol. The van der Waals surface area contributed by atoms with Crippen LogP contribution in [0.2, 0.25) is 0 Å². The number of hydrogen-bond acceptors (Lipinski definition) is 5. The first-order valence-electron chi connectivity index (χ1n) is 6.86. The van der Waals surface area contributed by atoms with Crippen LogP contribution in [0.25, 0.3) is 0 Å². The number of rotatable bonds is 3. The van der Waals surface area contributed by atoms with Crippen molar-refractivity contribution in [2.75, 3.05) is 19.0 Å². The van der Waals surface area contributed by atoms with Crippen LogP contribution in [0.1, 0.15) is 24.6 Å². The second-order valence-corrected chi connectivity index (χ2v) is 6.78. The number of hydrogen-bond donors (Lipinski definition) is 1. The van der Waals surface area contributed by atoms with Gasteiger partial charge in [0.2, 0.25) is 0 Å². The second kappa shape index (κ2) is 6.62. The summed E-state index contributed by atoms with van der Waals surface area (Å²) in [6.07, 6.45) is 5.24. The van der Waals surface area contributed by atoms with E-state index in [1.54, 1.807) is 19.5 Å². The van der Waals surface area contributed by atoms with Gasteiger partial charge in [-0.3, -0.25) is 10.3 Å². The normalized spacial score (nSPS) is 17.5. The molecule has 2 amide bonds. The van der Waals surface area contributed by atoms with Gasteiger partial charge in [0.1, 0.15) is 0 Å². The third-order valence-corrected chi connectivity index (χ3v) is 4.85. The van der Waals surface area contributed by atoms with Crippen molar-refractivity contribution < 1.29 is 9.53 Å². The fraction of sp³-hybridized carbons (Fsp3) is 0.357. The van der Waals surface area contributed by atoms with Crippen LogP contribution in [0, 0.1) is 0 Å². The zero-order chi connectivity index (χ0) is 15.5. The second-order valence-electron chi connectivity index (χ2n) is 4.87. The van der Waals surface area contributed by atoms with Crippen LogP contribution in [-0.4, -0.2) is 34.6 Å². The quantitative estimate of drug-likeness (QED) is 0.878. The topological polar surface area (TPSA) is 67.3 Å². The van der Waals surface area contributed by atoms with Crippen molar-refractivity contribution in [3.05, 3.63) is 34.7 Å². The molecule has 3 heterocycles. The van der Waals surface area contributed by atoms with Gasteiger partial charge < -0.3 is 9.64 Å². The van der Waals surface area contributed by atoms with Crippen LogP contribution in [-0.2, 0) is 0 Å². The minimum atomic E-state index is -0.149. The van der Waals surface area contributed by atoms with Gasteiger partial charge in [0.05, 0.1) is 25.0 Å². The number of methoxy groups -OCH3 is 1. The molecule has 0 radical (unpaired) electrons. The Hall–Kier alpha value is -1.67. The summed E-state index contributed by atoms with van der Waals surface area (Å²) in [5, 5.41) is 4.03. The van der Waals surface area contributed by atoms with Crippen molar-refractivity contribution in [1.29, 1.82) is 0 Å². The molecular formula is C14H15BrN4O2S. The highest BCUT2D eigenvalue weighted by Crippen LogP contribution is 2.32. The first-order chi connectivity index (χ1) is 10.7. The molecule has 116 valence electrons. The SMILES string of the molecule is COc1cnc(NC(=O)N2CCCC2c2ccc(Br)cn2)s1. The maximum Gasteiger partial charge on any atom is 0.324 e. The van der Waals surface area contributed by atoms with Gasteiger partial charge in [-0.15, -0.1) is 0 Å². The number of nitrogens with zero attached hydrogens (tertiary/aromatic N) is 3. The molecule has 0 saturated carbocycles. The van der Waals surface area contributed by atoms with E-state index in [-0.39, 0.29) is 12.1 Å². The van der Waals surface area contributed by atoms with Gasteiger partial charge in [-0.25, -0.2) is 9.78 Å². The molecule has 2 aromatic heterocycles. The first kappa shape index (κ1) is 15.2. The summed E-state index contributed by atoms with van der Waals surface area (Å²) in [5.41, 5.74) is 0.910. The van der Waals surface area contributed by atoms with E-state index in [0.29, 0.717) is 10.2 Å². The van der Waals surface area contributed by atoms with Crippen LogP contribution in [0.15, 0.2) is 29.0 Å². The van der Waals surface area contributed by atoms with Crippen molar-refractivity contribution in [2.45, 2.75) is 18.9 Å². The number of thiazole rings is 1. The Kier molecular flexibility index (Phi) is 4.58. The lowest BCUT2D eigenvalue weighted by atomic mass is 10.1. The molecule has 8 heteroatoms. The standard InChI is InChI=1S/C14H15BrN4O2S/c1-21-12-8-17-13(22-12)18-14(20)19-6-2-3-11(19)10-5-4-9(15)7-16-10/h4-5,7-8,11H,2-3,6H2,1H3,(H,17,18,20). The number of pyridine rings is 1. The van der Waals surface area contributed by atoms with E-state index in [2.05, 4.69) is 31.2 Å². The molecular weight excluding hydrogens is 368 g/mol. The molecule has 0 bridgehead atoms. The maximum atomic E-state index is 12.5. The summed E-state index contributed by atoms with van der Waals surface area (Å²) in [6, 6.07) is 3.76. The summed E-state index contributed by atoms with van der Waals surface area (Å²) in [4.78, 5) is 22.8. The highest BCUT2D eigenvalue weighted by molar-refractivity contribution is 9.10. The average Bonchev–Trinajstić information content (AvgIpc) is 3.16. The van der Waals surface area contributed by atoms with E-state index >= 15 is 0 Å². The monoisotopic (exact) mass is 382 g/mol. The molecule has 2 aromatic rings. The summed E-state index contributed by atoms with van der Waals surface area (Å²) >= 11 is 4.68. The van der Waals surface area contributed by atoms with Gasteiger partial charge in [0.25, 0.3) is 0 Å². The Labute approximate surface area is 140 Å². The van der Waals surface area contributed by atoms with Gasteiger partial charge >= 0.3 is 6.03 Å². The van der Waals surface area contributed by atoms with E-state index in [1.165, 1.54) is 11.3 Å². The average molecular weight is 383 g/mol. The van der Waals surface area contributed by atoms with Crippen LogP contribution >= 0.6 is 27.3 Å². The fourth-order valence-electron chi connectivity index (χ4n) is 2.48. The molecule has 1 unspecified atom stereocenters. The highest BCUT2D eigenvalue weighted by atomic mass is 79.9. The molecule has 1 fully saturated rings. The minimum absolute atomic E-state index is 0.00922. The zero-order valence-corrected chi connectivity index (χ0v) is 14.4. The maximum absolute atomic E-state index is 12.5. The molecule has 3 rings (SSSR count). The van der Waals surface area contributed by atoms with Crippen molar-refractivity contribution in [3.8, 4) is 5.06 Å². The smallest absolute Gasteiger partial charge is 0.324 e. The number of carbonyl (C=O) groups is 1. The number of likely N-dealkylation sites (tertiary alicyclic amines) is 1. The largest absolute Gasteiger partial charge is 0.486 e. The van der Waals surface area contributed by atoms with Gasteiger partial charge in [-0.05, 0) is 40.9 Å². The lowest BCUT2D eigenvalue weighted by Gasteiger charge is -2.24. The van der Waals surface area contributed by atoms with Crippen LogP contribution in [0.5, 0.6) is 5.06 Å². The molecule has 0 aromatic carbocycles. The minimum Gasteiger partial charge on any atom is -0.486 e. The Balaban J connectivity index is 1.72. The van der Waals surface area contributed by atoms with E-state index < -0.39 is 0 Å². The van der Waals surface area contributed by atoms with E-state index in [9.17, 15) is 4.79 Å². The first-order valence-corrected chi connectivity index (χ1v) is 8.47. The third-order valence-electron chi connectivity index (χ3n) is 3.50. The van der Waals surface area contributed by atoms with E-state index in [0.717, 1.165) is 29.6 Å². The van der Waals surface area contributed by atoms with Gasteiger partial charge in [-0.1, -0.05) is 11.3 Å². The van der Waals surface area contributed by atoms with Crippen LogP contribution in [0.4, 0.5) is 9.93 Å². The van der Waals surface area contributed by atoms with E-state index in [4.69, 9.17) is 4.74 Å². The molecule has 0 aliphatic carbocycles. The Morgan fingerprint density at radius 2 is 2.32 bits per heavy atom. The van der Waals surface area contributed by atoms with Gasteiger partial charge in [-0.2, -0.15) is 0 Å². The summed E-state index contributed by atoms with van der Waals surface area (Å²) in [6.45, 7) is 0.719. The van der Waals surface area contributed by atoms with Crippen molar-refractivity contribution in [3.63, 3.8) is 0 Å². The Morgan fingerprint density at radius 3 is 3.00 bits per heavy atom. The number of halogens is 1. The number of anilines is 1. The molecule has 0 spiro atoms. The Morgan fingerprint density at radius 1 is 1.45 bits per heavy atom. The number of nitrogens with one attached hydrogen (secondary N) is 1. The molecule has 1 atom stereocenters. The zero-order valence-electron chi connectivity index (χ0n) is 12.0.